The molecule has 0 aromatic carbocycles. The number of carboxylic acid groups (broad SMARTS) is 1. The zero-order chi connectivity index (χ0) is 13.4. The number of hydrogen-bond acceptors (Lipinski definition) is 2. The van der Waals surface area contributed by atoms with Gasteiger partial charge in [-0.2, -0.15) is 0 Å². The lowest BCUT2D eigenvalue weighted by Crippen LogP contribution is -2.34. The van der Waals surface area contributed by atoms with Crippen molar-refractivity contribution in [2.75, 3.05) is 13.1 Å². The minimum atomic E-state index is -0.675. The molecular formula is C15H29NO2. The molecule has 1 aliphatic rings. The normalized spacial score (nSPS) is 17.6. The summed E-state index contributed by atoms with van der Waals surface area (Å²) in [6.45, 7) is 6.49. The third-order valence-corrected chi connectivity index (χ3v) is 4.12. The Kier molecular flexibility index (Phi) is 7.33. The fourth-order valence-electron chi connectivity index (χ4n) is 2.89. The van der Waals surface area contributed by atoms with Crippen LogP contribution in [0.3, 0.4) is 0 Å². The molecule has 3 nitrogen and oxygen atoms in total. The molecule has 1 N–H and O–H groups in total. The van der Waals surface area contributed by atoms with Crippen LogP contribution < -0.4 is 0 Å². The van der Waals surface area contributed by atoms with Crippen LogP contribution in [0.25, 0.3) is 0 Å². The molecule has 0 radical (unpaired) electrons. The van der Waals surface area contributed by atoms with Crippen molar-refractivity contribution in [1.82, 2.24) is 4.90 Å². The predicted octanol–water partition coefficient (Wildman–Crippen LogP) is 3.53. The Bertz CT molecular complexity index is 235. The van der Waals surface area contributed by atoms with E-state index in [-0.39, 0.29) is 0 Å². The van der Waals surface area contributed by atoms with Gasteiger partial charge in [-0.25, -0.2) is 0 Å². The van der Waals surface area contributed by atoms with Gasteiger partial charge in [-0.3, -0.25) is 4.79 Å². The molecule has 0 aromatic heterocycles. The highest BCUT2D eigenvalue weighted by Gasteiger charge is 2.16. The van der Waals surface area contributed by atoms with Gasteiger partial charge in [0.2, 0.25) is 0 Å². The van der Waals surface area contributed by atoms with Gasteiger partial charge in [-0.1, -0.05) is 32.1 Å². The van der Waals surface area contributed by atoms with Crippen LogP contribution >= 0.6 is 0 Å². The van der Waals surface area contributed by atoms with E-state index in [9.17, 15) is 4.79 Å². The zero-order valence-electron chi connectivity index (χ0n) is 12.0. The van der Waals surface area contributed by atoms with Gasteiger partial charge >= 0.3 is 5.97 Å². The van der Waals surface area contributed by atoms with Gasteiger partial charge in [0, 0.05) is 12.5 Å². The summed E-state index contributed by atoms with van der Waals surface area (Å²) >= 11 is 0. The van der Waals surface area contributed by atoms with Crippen molar-refractivity contribution in [2.24, 2.45) is 5.92 Å². The molecule has 0 spiro atoms. The Balaban J connectivity index is 2.21. The van der Waals surface area contributed by atoms with Gasteiger partial charge < -0.3 is 10.0 Å². The van der Waals surface area contributed by atoms with Gasteiger partial charge in [0.1, 0.15) is 0 Å². The first kappa shape index (κ1) is 15.5. The molecule has 106 valence electrons. The van der Waals surface area contributed by atoms with Crippen molar-refractivity contribution >= 4 is 5.97 Å². The van der Waals surface area contributed by atoms with Gasteiger partial charge in [0.15, 0.2) is 0 Å². The zero-order valence-corrected chi connectivity index (χ0v) is 12.0. The third kappa shape index (κ3) is 6.39. The smallest absolute Gasteiger partial charge is 0.303 e. The fraction of sp³-hybridized carbons (Fsp3) is 0.933. The van der Waals surface area contributed by atoms with Crippen molar-refractivity contribution in [1.29, 1.82) is 0 Å². The second-order valence-corrected chi connectivity index (χ2v) is 5.92. The monoisotopic (exact) mass is 255 g/mol. The lowest BCUT2D eigenvalue weighted by Gasteiger charge is -2.29. The molecule has 0 atom stereocenters. The summed E-state index contributed by atoms with van der Waals surface area (Å²) in [5.41, 5.74) is 0. The van der Waals surface area contributed by atoms with E-state index >= 15 is 0 Å². The average molecular weight is 255 g/mol. The van der Waals surface area contributed by atoms with E-state index in [2.05, 4.69) is 18.7 Å². The van der Waals surface area contributed by atoms with Crippen molar-refractivity contribution < 1.29 is 9.90 Å². The van der Waals surface area contributed by atoms with Crippen LogP contribution in [0.4, 0.5) is 0 Å². The lowest BCUT2D eigenvalue weighted by atomic mass is 9.87. The highest BCUT2D eigenvalue weighted by Crippen LogP contribution is 2.26. The van der Waals surface area contributed by atoms with Crippen LogP contribution in [0.1, 0.15) is 65.2 Å². The number of carbonyl (C=O) groups is 1. The Hall–Kier alpha value is -0.570. The fourth-order valence-corrected chi connectivity index (χ4v) is 2.89. The second-order valence-electron chi connectivity index (χ2n) is 5.92. The maximum Gasteiger partial charge on any atom is 0.303 e. The molecule has 0 amide bonds. The highest BCUT2D eigenvalue weighted by molar-refractivity contribution is 5.66. The number of nitrogens with zero attached hydrogens (tertiary/aromatic N) is 1. The van der Waals surface area contributed by atoms with Crippen molar-refractivity contribution in [3.63, 3.8) is 0 Å². The van der Waals surface area contributed by atoms with Gasteiger partial charge in [0.05, 0.1) is 0 Å². The molecule has 0 bridgehead atoms. The van der Waals surface area contributed by atoms with Crippen molar-refractivity contribution in [3.8, 4) is 0 Å². The molecule has 1 fully saturated rings. The first-order chi connectivity index (χ1) is 8.59. The molecule has 0 aliphatic heterocycles. The molecule has 1 rings (SSSR count). The van der Waals surface area contributed by atoms with Crippen LogP contribution in [0, 0.1) is 5.92 Å². The van der Waals surface area contributed by atoms with Crippen LogP contribution in [0.2, 0.25) is 0 Å². The summed E-state index contributed by atoms with van der Waals surface area (Å²) < 4.78 is 0. The second kappa shape index (κ2) is 8.52. The summed E-state index contributed by atoms with van der Waals surface area (Å²) in [5.74, 6) is 0.241. The number of aliphatic carboxylic acids is 1. The molecule has 18 heavy (non-hydrogen) atoms. The van der Waals surface area contributed by atoms with Crippen LogP contribution in [0.5, 0.6) is 0 Å². The minimum Gasteiger partial charge on any atom is -0.481 e. The number of carboxylic acids is 1. The largest absolute Gasteiger partial charge is 0.481 e. The van der Waals surface area contributed by atoms with Crippen LogP contribution in [-0.2, 0) is 4.79 Å². The molecular weight excluding hydrogens is 226 g/mol. The standard InChI is InChI=1S/C15H29NO2/c1-13(2)16(11-6-9-15(17)18)12-10-14-7-4-3-5-8-14/h13-14H,3-12H2,1-2H3,(H,17,18). The lowest BCUT2D eigenvalue weighted by molar-refractivity contribution is -0.137. The summed E-state index contributed by atoms with van der Waals surface area (Å²) in [7, 11) is 0. The maximum absolute atomic E-state index is 10.5. The molecule has 0 saturated heterocycles. The minimum absolute atomic E-state index is 0.298. The molecule has 3 heteroatoms. The molecule has 1 aliphatic carbocycles. The predicted molar refractivity (Wildman–Crippen MR) is 74.8 cm³/mol. The van der Waals surface area contributed by atoms with Gasteiger partial charge in [-0.05, 0) is 45.7 Å². The van der Waals surface area contributed by atoms with E-state index in [4.69, 9.17) is 5.11 Å². The third-order valence-electron chi connectivity index (χ3n) is 4.12. The Morgan fingerprint density at radius 1 is 1.22 bits per heavy atom. The van der Waals surface area contributed by atoms with Gasteiger partial charge in [-0.15, -0.1) is 0 Å². The average Bonchev–Trinajstić information content (AvgIpc) is 2.34. The van der Waals surface area contributed by atoms with E-state index in [1.54, 1.807) is 0 Å². The summed E-state index contributed by atoms with van der Waals surface area (Å²) in [5, 5.41) is 8.68. The van der Waals surface area contributed by atoms with Gasteiger partial charge in [0.25, 0.3) is 0 Å². The molecule has 0 aromatic rings. The first-order valence-corrected chi connectivity index (χ1v) is 7.55. The summed E-state index contributed by atoms with van der Waals surface area (Å²) in [6.07, 6.45) is 9.41. The topological polar surface area (TPSA) is 40.5 Å². The number of hydrogen-bond donors (Lipinski definition) is 1. The SMILES string of the molecule is CC(C)N(CCCC(=O)O)CCC1CCCCC1. The summed E-state index contributed by atoms with van der Waals surface area (Å²) in [4.78, 5) is 13.0. The number of rotatable bonds is 8. The van der Waals surface area contributed by atoms with E-state index < -0.39 is 5.97 Å². The Morgan fingerprint density at radius 2 is 1.89 bits per heavy atom. The molecule has 0 heterocycles. The van der Waals surface area contributed by atoms with Crippen molar-refractivity contribution in [2.45, 2.75) is 71.3 Å². The molecule has 1 saturated carbocycles. The van der Waals surface area contributed by atoms with Crippen LogP contribution in [0.15, 0.2) is 0 Å². The quantitative estimate of drug-likeness (QED) is 0.721. The Labute approximate surface area is 112 Å². The Morgan fingerprint density at radius 3 is 2.44 bits per heavy atom. The van der Waals surface area contributed by atoms with E-state index in [0.29, 0.717) is 12.5 Å². The molecule has 0 unspecified atom stereocenters. The van der Waals surface area contributed by atoms with E-state index in [1.165, 1.54) is 38.5 Å². The maximum atomic E-state index is 10.5. The summed E-state index contributed by atoms with van der Waals surface area (Å²) in [6, 6.07) is 0.530. The highest BCUT2D eigenvalue weighted by atomic mass is 16.4. The van der Waals surface area contributed by atoms with E-state index in [0.717, 1.165) is 25.4 Å². The van der Waals surface area contributed by atoms with E-state index in [1.807, 2.05) is 0 Å². The van der Waals surface area contributed by atoms with Crippen molar-refractivity contribution in [3.05, 3.63) is 0 Å². The first-order valence-electron chi connectivity index (χ1n) is 7.55. The van der Waals surface area contributed by atoms with Crippen LogP contribution in [-0.4, -0.2) is 35.1 Å².